The number of aliphatic hydroxyl groups is 1. The molecule has 95 valence electrons. The first-order chi connectivity index (χ1) is 6.82. The summed E-state index contributed by atoms with van der Waals surface area (Å²) in [6.07, 6.45) is 1.31. The zero-order valence-corrected chi connectivity index (χ0v) is 16.8. The van der Waals surface area contributed by atoms with Crippen molar-refractivity contribution in [3.8, 4) is 0 Å². The smallest absolute Gasteiger partial charge is 1.00 e. The zero-order chi connectivity index (χ0) is 11.4. The van der Waals surface area contributed by atoms with Gasteiger partial charge >= 0.3 is 110 Å². The van der Waals surface area contributed by atoms with Gasteiger partial charge in [0.2, 0.25) is 0 Å². The topological polar surface area (TPSA) is 20.2 Å². The largest absolute Gasteiger partial charge is 1.00 e. The molecular weight excluding hydrogens is 366 g/mol. The molecule has 6 heteroatoms. The Labute approximate surface area is 134 Å². The maximum atomic E-state index is 9.19. The van der Waals surface area contributed by atoms with Crippen molar-refractivity contribution in [2.45, 2.75) is 38.7 Å². The average Bonchev–Trinajstić information content (AvgIpc) is 2.49. The fourth-order valence-corrected chi connectivity index (χ4v) is 14.9. The van der Waals surface area contributed by atoms with Gasteiger partial charge < -0.3 is 24.8 Å². The Morgan fingerprint density at radius 2 is 1.82 bits per heavy atom. The summed E-state index contributed by atoms with van der Waals surface area (Å²) in [5.74, 6) is 0. The van der Waals surface area contributed by atoms with Gasteiger partial charge in [0.15, 0.2) is 0 Å². The van der Waals surface area contributed by atoms with E-state index in [9.17, 15) is 5.11 Å². The Bertz CT molecular complexity index is 389. The Morgan fingerprint density at radius 3 is 2.24 bits per heavy atom. The third-order valence-electron chi connectivity index (χ3n) is 3.94. The van der Waals surface area contributed by atoms with Crippen LogP contribution >= 0.6 is 0 Å². The van der Waals surface area contributed by atoms with Crippen molar-refractivity contribution in [3.05, 3.63) is 18.9 Å². The number of allylic oxidation sites excluding steroid dienone is 4. The first-order valence-electron chi connectivity index (χ1n) is 5.63. The van der Waals surface area contributed by atoms with Crippen LogP contribution < -0.4 is 24.8 Å². The molecule has 2 aliphatic rings. The molecule has 0 atom stereocenters. The molecular formula is C11H19Cl2OSi2Zr. The van der Waals surface area contributed by atoms with Crippen molar-refractivity contribution >= 4 is 16.1 Å². The molecule has 0 spiro atoms. The summed E-state index contributed by atoms with van der Waals surface area (Å²) in [5.41, 5.74) is 0. The van der Waals surface area contributed by atoms with E-state index in [1.54, 1.807) is 33.2 Å². The molecule has 1 aliphatic carbocycles. The second-order valence-corrected chi connectivity index (χ2v) is 16.5. The van der Waals surface area contributed by atoms with Gasteiger partial charge in [-0.05, 0) is 0 Å². The van der Waals surface area contributed by atoms with E-state index in [1.807, 2.05) is 10.4 Å². The number of hydrogen-bond acceptors (Lipinski definition) is 1. The van der Waals surface area contributed by atoms with Crippen molar-refractivity contribution < 1.29 is 54.6 Å². The van der Waals surface area contributed by atoms with Gasteiger partial charge in [0.25, 0.3) is 0 Å². The summed E-state index contributed by atoms with van der Waals surface area (Å²) in [6.45, 7) is 10.2. The van der Waals surface area contributed by atoms with Gasteiger partial charge in [0.05, 0.1) is 0 Å². The molecule has 0 saturated carbocycles. The molecule has 1 N–H and O–H groups in total. The molecule has 1 aliphatic heterocycles. The van der Waals surface area contributed by atoms with E-state index < -0.39 is 16.1 Å². The molecule has 1 nitrogen and oxygen atoms in total. The minimum Gasteiger partial charge on any atom is -1.00 e. The van der Waals surface area contributed by atoms with E-state index in [-0.39, 0.29) is 24.8 Å². The number of halogens is 2. The first-order valence-corrected chi connectivity index (χ1v) is 13.1. The predicted octanol–water partition coefficient (Wildman–Crippen LogP) is -3.46. The van der Waals surface area contributed by atoms with Crippen LogP contribution in [-0.2, 0) is 24.7 Å². The summed E-state index contributed by atoms with van der Waals surface area (Å²) in [7, 11) is -2.32. The van der Waals surface area contributed by atoms with Crippen LogP contribution in [-0.4, -0.2) is 27.9 Å². The SMILES string of the molecule is C[Si](C)(CCO)C1=[C]([Zr+2])CC2=C1[Si]2(C)C.[Cl-].[Cl-]. The summed E-state index contributed by atoms with van der Waals surface area (Å²) >= 11 is 1.61. The molecule has 0 saturated heterocycles. The van der Waals surface area contributed by atoms with Crippen molar-refractivity contribution in [3.63, 3.8) is 0 Å². The Morgan fingerprint density at radius 1 is 1.29 bits per heavy atom. The van der Waals surface area contributed by atoms with Crippen molar-refractivity contribution in [1.82, 2.24) is 0 Å². The number of hydrogen-bond donors (Lipinski definition) is 1. The van der Waals surface area contributed by atoms with Gasteiger partial charge in [-0.2, -0.15) is 0 Å². The van der Waals surface area contributed by atoms with Crippen LogP contribution in [0.25, 0.3) is 0 Å². The van der Waals surface area contributed by atoms with Gasteiger partial charge in [-0.15, -0.1) is 0 Å². The van der Waals surface area contributed by atoms with Crippen LogP contribution in [0.15, 0.2) is 18.9 Å². The van der Waals surface area contributed by atoms with Crippen LogP contribution in [0.5, 0.6) is 0 Å². The third-order valence-corrected chi connectivity index (χ3v) is 12.7. The second-order valence-electron chi connectivity index (χ2n) is 5.87. The zero-order valence-electron chi connectivity index (χ0n) is 10.8. The molecule has 0 radical (unpaired) electrons. The summed E-state index contributed by atoms with van der Waals surface area (Å²) in [5, 5.41) is 14.6. The van der Waals surface area contributed by atoms with Gasteiger partial charge in [-0.1, -0.05) is 0 Å². The molecule has 0 unspecified atom stereocenters. The first kappa shape index (κ1) is 18.3. The van der Waals surface area contributed by atoms with Crippen molar-refractivity contribution in [1.29, 1.82) is 0 Å². The van der Waals surface area contributed by atoms with Crippen LogP contribution in [0.3, 0.4) is 0 Å². The minimum absolute atomic E-state index is 0. The Balaban J connectivity index is 0.00000128. The Hall–Kier alpha value is 1.34. The van der Waals surface area contributed by atoms with Gasteiger partial charge in [-0.3, -0.25) is 0 Å². The van der Waals surface area contributed by atoms with Crippen LogP contribution in [0.4, 0.5) is 0 Å². The summed E-state index contributed by atoms with van der Waals surface area (Å²) in [4.78, 5) is 0. The van der Waals surface area contributed by atoms with E-state index in [1.165, 1.54) is 6.42 Å². The van der Waals surface area contributed by atoms with Gasteiger partial charge in [0, 0.05) is 0 Å². The molecule has 0 fully saturated rings. The predicted molar refractivity (Wildman–Crippen MR) is 65.5 cm³/mol. The molecule has 1 heterocycles. The standard InChI is InChI=1S/C11H19OSi2.2ClH.Zr/c1-13(2,8-7-12)9-5-6-10-11(9)14(10,3)4;;;/h12H,6-8H2,1-4H3;2*1H;/q;;;+2/p-2. The summed E-state index contributed by atoms with van der Waals surface area (Å²) < 4.78 is 1.71. The normalized spacial score (nSPS) is 20.9. The summed E-state index contributed by atoms with van der Waals surface area (Å²) in [6, 6.07) is 1.04. The van der Waals surface area contributed by atoms with Crippen molar-refractivity contribution in [2.24, 2.45) is 0 Å². The monoisotopic (exact) mass is 383 g/mol. The van der Waals surface area contributed by atoms with Gasteiger partial charge in [0.1, 0.15) is 0 Å². The van der Waals surface area contributed by atoms with Crippen molar-refractivity contribution in [2.75, 3.05) is 6.61 Å². The molecule has 0 amide bonds. The van der Waals surface area contributed by atoms with Crippen LogP contribution in [0, 0.1) is 0 Å². The molecule has 0 aromatic heterocycles. The fourth-order valence-electron chi connectivity index (χ4n) is 2.89. The van der Waals surface area contributed by atoms with E-state index >= 15 is 0 Å². The third kappa shape index (κ3) is 2.93. The number of rotatable bonds is 3. The van der Waals surface area contributed by atoms with Gasteiger partial charge in [-0.25, -0.2) is 0 Å². The fraction of sp³-hybridized carbons (Fsp3) is 0.636. The van der Waals surface area contributed by atoms with E-state index in [0.29, 0.717) is 6.61 Å². The van der Waals surface area contributed by atoms with Crippen LogP contribution in [0.1, 0.15) is 6.42 Å². The molecule has 0 aromatic carbocycles. The maximum absolute atomic E-state index is 9.19. The molecule has 17 heavy (non-hydrogen) atoms. The molecule has 0 bridgehead atoms. The number of aliphatic hydroxyl groups excluding tert-OH is 1. The second kappa shape index (κ2) is 5.76. The van der Waals surface area contributed by atoms with E-state index in [2.05, 4.69) is 26.2 Å². The van der Waals surface area contributed by atoms with Crippen LogP contribution in [0.2, 0.25) is 32.2 Å². The quantitative estimate of drug-likeness (QED) is 0.501. The Kier molecular flexibility index (Phi) is 6.22. The maximum Gasteiger partial charge on any atom is -1.00 e. The van der Waals surface area contributed by atoms with E-state index in [0.717, 1.165) is 6.04 Å². The molecule has 0 aromatic rings. The minimum atomic E-state index is -1.31. The average molecular weight is 386 g/mol. The molecule has 2 rings (SSSR count). The van der Waals surface area contributed by atoms with E-state index in [4.69, 9.17) is 0 Å².